The van der Waals surface area contributed by atoms with Crippen LogP contribution in [-0.4, -0.2) is 25.9 Å². The zero-order valence-electron chi connectivity index (χ0n) is 6.65. The lowest BCUT2D eigenvalue weighted by molar-refractivity contribution is 0.202. The van der Waals surface area contributed by atoms with Crippen molar-refractivity contribution in [3.8, 4) is 0 Å². The summed E-state index contributed by atoms with van der Waals surface area (Å²) >= 11 is 17.5. The number of anilines is 1. The third kappa shape index (κ3) is 3.49. The standard InChI is InChI=1S/C6H5Cl3N2O2S/c7-6(8,9)3-11(5(12)13)4-1-2-10-14-4/h1-2H,3H2,(H,12,13). The summed E-state index contributed by atoms with van der Waals surface area (Å²) in [6.45, 7) is -0.227. The highest BCUT2D eigenvalue weighted by Crippen LogP contribution is 2.30. The van der Waals surface area contributed by atoms with Gasteiger partial charge >= 0.3 is 6.09 Å². The molecule has 0 bridgehead atoms. The van der Waals surface area contributed by atoms with Crippen LogP contribution in [0.15, 0.2) is 12.3 Å². The first kappa shape index (κ1) is 11.8. The topological polar surface area (TPSA) is 53.4 Å². The monoisotopic (exact) mass is 274 g/mol. The van der Waals surface area contributed by atoms with Crippen LogP contribution in [0.3, 0.4) is 0 Å². The first-order chi connectivity index (χ1) is 6.40. The number of carboxylic acid groups (broad SMARTS) is 1. The van der Waals surface area contributed by atoms with Gasteiger partial charge in [-0.05, 0) is 17.6 Å². The second-order valence-electron chi connectivity index (χ2n) is 2.33. The van der Waals surface area contributed by atoms with Crippen molar-refractivity contribution in [3.63, 3.8) is 0 Å². The zero-order chi connectivity index (χ0) is 10.8. The molecule has 0 aliphatic heterocycles. The van der Waals surface area contributed by atoms with E-state index >= 15 is 0 Å². The number of alkyl halides is 3. The van der Waals surface area contributed by atoms with Crippen molar-refractivity contribution in [3.05, 3.63) is 12.3 Å². The predicted molar refractivity (Wildman–Crippen MR) is 57.8 cm³/mol. The quantitative estimate of drug-likeness (QED) is 0.844. The molecular weight excluding hydrogens is 271 g/mol. The molecule has 14 heavy (non-hydrogen) atoms. The third-order valence-corrected chi connectivity index (χ3v) is 2.39. The Hall–Kier alpha value is -0.230. The second-order valence-corrected chi connectivity index (χ2v) is 5.66. The van der Waals surface area contributed by atoms with Crippen LogP contribution < -0.4 is 4.90 Å². The fourth-order valence-electron chi connectivity index (χ4n) is 0.767. The summed E-state index contributed by atoms with van der Waals surface area (Å²) in [6, 6.07) is 1.54. The van der Waals surface area contributed by atoms with Gasteiger partial charge in [-0.15, -0.1) is 0 Å². The van der Waals surface area contributed by atoms with E-state index in [0.29, 0.717) is 5.00 Å². The van der Waals surface area contributed by atoms with Gasteiger partial charge < -0.3 is 5.11 Å². The maximum Gasteiger partial charge on any atom is 0.412 e. The van der Waals surface area contributed by atoms with E-state index in [4.69, 9.17) is 39.9 Å². The minimum Gasteiger partial charge on any atom is -0.465 e. The Bertz CT molecular complexity index is 311. The number of rotatable bonds is 2. The molecule has 1 heterocycles. The van der Waals surface area contributed by atoms with Gasteiger partial charge in [0, 0.05) is 6.20 Å². The molecule has 0 unspecified atom stereocenters. The van der Waals surface area contributed by atoms with Crippen molar-refractivity contribution < 1.29 is 9.90 Å². The summed E-state index contributed by atoms with van der Waals surface area (Å²) in [5.41, 5.74) is 0. The van der Waals surface area contributed by atoms with Crippen molar-refractivity contribution in [2.45, 2.75) is 3.79 Å². The van der Waals surface area contributed by atoms with E-state index in [1.807, 2.05) is 0 Å². The van der Waals surface area contributed by atoms with E-state index in [0.717, 1.165) is 16.4 Å². The molecule has 0 aliphatic carbocycles. The highest BCUT2D eigenvalue weighted by molar-refractivity contribution is 7.10. The lowest BCUT2D eigenvalue weighted by Gasteiger charge is -2.20. The molecule has 0 fully saturated rings. The first-order valence-corrected chi connectivity index (χ1v) is 5.29. The van der Waals surface area contributed by atoms with Crippen LogP contribution >= 0.6 is 46.3 Å². The molecule has 8 heteroatoms. The van der Waals surface area contributed by atoms with Crippen LogP contribution in [0.5, 0.6) is 0 Å². The summed E-state index contributed by atoms with van der Waals surface area (Å²) < 4.78 is 2.13. The summed E-state index contributed by atoms with van der Waals surface area (Å²) in [6.07, 6.45) is 0.300. The van der Waals surface area contributed by atoms with Gasteiger partial charge in [0.15, 0.2) is 0 Å². The van der Waals surface area contributed by atoms with Gasteiger partial charge in [0.25, 0.3) is 0 Å². The number of hydrogen-bond acceptors (Lipinski definition) is 3. The lowest BCUT2D eigenvalue weighted by atomic mass is 10.5. The Morgan fingerprint density at radius 3 is 2.64 bits per heavy atom. The second kappa shape index (κ2) is 4.53. The highest BCUT2D eigenvalue weighted by atomic mass is 35.6. The van der Waals surface area contributed by atoms with Crippen LogP contribution in [0.1, 0.15) is 0 Å². The number of amides is 1. The maximum atomic E-state index is 10.8. The van der Waals surface area contributed by atoms with E-state index in [-0.39, 0.29) is 6.54 Å². The van der Waals surface area contributed by atoms with Gasteiger partial charge in [-0.25, -0.2) is 4.79 Å². The largest absolute Gasteiger partial charge is 0.465 e. The molecule has 0 saturated heterocycles. The van der Waals surface area contributed by atoms with Gasteiger partial charge in [0.2, 0.25) is 3.79 Å². The van der Waals surface area contributed by atoms with E-state index in [2.05, 4.69) is 4.37 Å². The van der Waals surface area contributed by atoms with E-state index in [1.54, 1.807) is 0 Å². The van der Waals surface area contributed by atoms with Crippen molar-refractivity contribution in [1.82, 2.24) is 4.37 Å². The average molecular weight is 276 g/mol. The molecule has 1 aromatic rings. The Balaban J connectivity index is 2.82. The molecule has 1 rings (SSSR count). The van der Waals surface area contributed by atoms with Crippen LogP contribution in [0.2, 0.25) is 0 Å². The minimum absolute atomic E-state index is 0.227. The van der Waals surface area contributed by atoms with Gasteiger partial charge in [-0.3, -0.25) is 4.90 Å². The minimum atomic E-state index is -1.64. The van der Waals surface area contributed by atoms with Gasteiger partial charge in [-0.2, -0.15) is 4.37 Å². The fraction of sp³-hybridized carbons (Fsp3) is 0.333. The molecule has 78 valence electrons. The van der Waals surface area contributed by atoms with Crippen LogP contribution in [0.25, 0.3) is 0 Å². The Kier molecular flexibility index (Phi) is 3.83. The molecular formula is C6H5Cl3N2O2S. The molecule has 0 atom stereocenters. The van der Waals surface area contributed by atoms with E-state index < -0.39 is 9.89 Å². The molecule has 0 spiro atoms. The molecule has 0 saturated carbocycles. The summed E-state index contributed by atoms with van der Waals surface area (Å²) in [4.78, 5) is 11.7. The van der Waals surface area contributed by atoms with E-state index in [1.165, 1.54) is 12.3 Å². The highest BCUT2D eigenvalue weighted by Gasteiger charge is 2.28. The smallest absolute Gasteiger partial charge is 0.412 e. The first-order valence-electron chi connectivity index (χ1n) is 3.38. The van der Waals surface area contributed by atoms with Crippen molar-refractivity contribution in [1.29, 1.82) is 0 Å². The molecule has 0 radical (unpaired) electrons. The number of nitrogens with zero attached hydrogens (tertiary/aromatic N) is 2. The van der Waals surface area contributed by atoms with Gasteiger partial charge in [0.1, 0.15) is 5.00 Å². The van der Waals surface area contributed by atoms with Crippen molar-refractivity contribution >= 4 is 57.4 Å². The number of carbonyl (C=O) groups is 1. The molecule has 0 aliphatic rings. The lowest BCUT2D eigenvalue weighted by Crippen LogP contribution is -2.36. The number of aromatic nitrogens is 1. The Labute approximate surface area is 99.2 Å². The molecule has 4 nitrogen and oxygen atoms in total. The molecule has 1 N–H and O–H groups in total. The summed E-state index contributed by atoms with van der Waals surface area (Å²) in [5, 5.41) is 9.26. The number of hydrogen-bond donors (Lipinski definition) is 1. The molecule has 1 amide bonds. The fourth-order valence-corrected chi connectivity index (χ4v) is 1.72. The SMILES string of the molecule is O=C(O)N(CC(Cl)(Cl)Cl)c1ccns1. The maximum absolute atomic E-state index is 10.8. The van der Waals surface area contributed by atoms with E-state index in [9.17, 15) is 4.79 Å². The Morgan fingerprint density at radius 1 is 1.64 bits per heavy atom. The van der Waals surface area contributed by atoms with Crippen LogP contribution in [-0.2, 0) is 0 Å². The molecule has 1 aromatic heterocycles. The Morgan fingerprint density at radius 2 is 2.29 bits per heavy atom. The normalized spacial score (nSPS) is 11.4. The zero-order valence-corrected chi connectivity index (χ0v) is 9.74. The summed E-state index contributed by atoms with van der Waals surface area (Å²) in [5.74, 6) is 0. The number of halogens is 3. The molecule has 0 aromatic carbocycles. The van der Waals surface area contributed by atoms with Crippen LogP contribution in [0, 0.1) is 0 Å². The van der Waals surface area contributed by atoms with Gasteiger partial charge in [-0.1, -0.05) is 34.8 Å². The average Bonchev–Trinajstić information content (AvgIpc) is 2.49. The van der Waals surface area contributed by atoms with Crippen molar-refractivity contribution in [2.75, 3.05) is 11.4 Å². The van der Waals surface area contributed by atoms with Crippen LogP contribution in [0.4, 0.5) is 9.80 Å². The third-order valence-electron chi connectivity index (χ3n) is 1.26. The summed E-state index contributed by atoms with van der Waals surface area (Å²) in [7, 11) is 0. The van der Waals surface area contributed by atoms with Gasteiger partial charge in [0.05, 0.1) is 6.54 Å². The van der Waals surface area contributed by atoms with Crippen molar-refractivity contribution in [2.24, 2.45) is 0 Å². The predicted octanol–water partition coefficient (Wildman–Crippen LogP) is 3.00.